The van der Waals surface area contributed by atoms with Crippen molar-refractivity contribution in [2.45, 2.75) is 26.3 Å². The van der Waals surface area contributed by atoms with E-state index in [1.807, 2.05) is 35.2 Å². The summed E-state index contributed by atoms with van der Waals surface area (Å²) in [7, 11) is 0. The average Bonchev–Trinajstić information content (AvgIpc) is 2.88. The summed E-state index contributed by atoms with van der Waals surface area (Å²) in [5.41, 5.74) is 3.74. The van der Waals surface area contributed by atoms with Gasteiger partial charge in [-0.1, -0.05) is 18.2 Å². The van der Waals surface area contributed by atoms with Crippen LogP contribution in [-0.4, -0.2) is 24.3 Å². The lowest BCUT2D eigenvalue weighted by atomic mass is 10.1. The molecule has 23 heavy (non-hydrogen) atoms. The topological polar surface area (TPSA) is 49.4 Å². The molecule has 0 aromatic heterocycles. The highest BCUT2D eigenvalue weighted by Crippen LogP contribution is 2.31. The summed E-state index contributed by atoms with van der Waals surface area (Å²) in [6.45, 7) is 3.84. The minimum Gasteiger partial charge on any atom is -0.376 e. The summed E-state index contributed by atoms with van der Waals surface area (Å²) in [6.07, 6.45) is 0.898. The van der Waals surface area contributed by atoms with Gasteiger partial charge in [0.25, 0.3) is 0 Å². The zero-order chi connectivity index (χ0) is 16.4. The molecule has 0 saturated heterocycles. The quantitative estimate of drug-likeness (QED) is 0.882. The Morgan fingerprint density at radius 3 is 2.52 bits per heavy atom. The van der Waals surface area contributed by atoms with Crippen LogP contribution < -0.4 is 10.2 Å². The molecule has 4 heteroatoms. The molecule has 3 rings (SSSR count). The Kier molecular flexibility index (Phi) is 4.15. The van der Waals surface area contributed by atoms with Gasteiger partial charge >= 0.3 is 0 Å². The second kappa shape index (κ2) is 6.24. The van der Waals surface area contributed by atoms with Crippen LogP contribution in [0.25, 0.3) is 0 Å². The van der Waals surface area contributed by atoms with Gasteiger partial charge in [0.1, 0.15) is 0 Å². The van der Waals surface area contributed by atoms with E-state index in [0.29, 0.717) is 5.56 Å². The number of amides is 1. The number of nitrogens with zero attached hydrogens (tertiary/aromatic N) is 1. The lowest BCUT2D eigenvalue weighted by Gasteiger charge is -2.23. The molecule has 0 bridgehead atoms. The number of anilines is 2. The molecule has 0 spiro atoms. The summed E-state index contributed by atoms with van der Waals surface area (Å²) in [5, 5.41) is 3.14. The maximum absolute atomic E-state index is 12.6. The Morgan fingerprint density at radius 1 is 1.13 bits per heavy atom. The van der Waals surface area contributed by atoms with E-state index < -0.39 is 0 Å². The number of benzene rings is 2. The van der Waals surface area contributed by atoms with Crippen molar-refractivity contribution in [1.82, 2.24) is 0 Å². The molecule has 1 heterocycles. The monoisotopic (exact) mass is 308 g/mol. The van der Waals surface area contributed by atoms with Crippen molar-refractivity contribution in [3.8, 4) is 0 Å². The lowest BCUT2D eigenvalue weighted by Crippen LogP contribution is -2.39. The summed E-state index contributed by atoms with van der Waals surface area (Å²) in [6, 6.07) is 15.4. The average molecular weight is 308 g/mol. The van der Waals surface area contributed by atoms with E-state index >= 15 is 0 Å². The summed E-state index contributed by atoms with van der Waals surface area (Å²) >= 11 is 0. The first-order chi connectivity index (χ1) is 11.1. The van der Waals surface area contributed by atoms with Crippen LogP contribution in [0.1, 0.15) is 29.8 Å². The van der Waals surface area contributed by atoms with E-state index in [9.17, 15) is 9.59 Å². The third-order valence-corrected chi connectivity index (χ3v) is 4.21. The van der Waals surface area contributed by atoms with Crippen molar-refractivity contribution in [3.63, 3.8) is 0 Å². The Labute approximate surface area is 136 Å². The predicted octanol–water partition coefficient (Wildman–Crippen LogP) is 3.28. The van der Waals surface area contributed by atoms with Crippen LogP contribution in [0.4, 0.5) is 11.4 Å². The number of carbonyl (C=O) groups is 2. The van der Waals surface area contributed by atoms with Crippen LogP contribution in [0.2, 0.25) is 0 Å². The Balaban J connectivity index is 1.67. The molecule has 0 unspecified atom stereocenters. The highest BCUT2D eigenvalue weighted by atomic mass is 16.2. The van der Waals surface area contributed by atoms with Crippen LogP contribution in [0.3, 0.4) is 0 Å². The van der Waals surface area contributed by atoms with Gasteiger partial charge in [-0.05, 0) is 56.2 Å². The molecule has 0 fully saturated rings. The Morgan fingerprint density at radius 2 is 1.83 bits per heavy atom. The molecule has 0 radical (unpaired) electrons. The lowest BCUT2D eigenvalue weighted by molar-refractivity contribution is -0.117. The predicted molar refractivity (Wildman–Crippen MR) is 92.0 cm³/mol. The van der Waals surface area contributed by atoms with Crippen molar-refractivity contribution < 1.29 is 9.59 Å². The standard InChI is InChI=1S/C19H20N2O2/c1-13-11-16-5-3-4-6-18(16)21(13)19(23)12-20-17-9-7-15(8-10-17)14(2)22/h3-10,13,20H,11-12H2,1-2H3/t13-/m1/s1. The van der Waals surface area contributed by atoms with E-state index in [4.69, 9.17) is 0 Å². The largest absolute Gasteiger partial charge is 0.376 e. The van der Waals surface area contributed by atoms with Crippen molar-refractivity contribution in [2.24, 2.45) is 0 Å². The molecule has 0 saturated carbocycles. The van der Waals surface area contributed by atoms with Crippen LogP contribution in [-0.2, 0) is 11.2 Å². The fourth-order valence-electron chi connectivity index (χ4n) is 3.03. The number of hydrogen-bond acceptors (Lipinski definition) is 3. The second-order valence-corrected chi connectivity index (χ2v) is 5.93. The number of fused-ring (bicyclic) bond motifs is 1. The van der Waals surface area contributed by atoms with Gasteiger partial charge in [-0.25, -0.2) is 0 Å². The van der Waals surface area contributed by atoms with Gasteiger partial charge in [0.05, 0.1) is 6.54 Å². The Bertz CT molecular complexity index is 737. The highest BCUT2D eigenvalue weighted by molar-refractivity contribution is 5.99. The van der Waals surface area contributed by atoms with E-state index in [1.165, 1.54) is 12.5 Å². The number of ketones is 1. The van der Waals surface area contributed by atoms with Gasteiger partial charge < -0.3 is 10.2 Å². The van der Waals surface area contributed by atoms with E-state index in [1.54, 1.807) is 12.1 Å². The molecule has 0 aliphatic carbocycles. The van der Waals surface area contributed by atoms with E-state index in [0.717, 1.165) is 17.8 Å². The molecule has 1 aliphatic heterocycles. The molecule has 2 aromatic rings. The Hall–Kier alpha value is -2.62. The summed E-state index contributed by atoms with van der Waals surface area (Å²) < 4.78 is 0. The maximum atomic E-state index is 12.6. The van der Waals surface area contributed by atoms with Crippen molar-refractivity contribution in [3.05, 3.63) is 59.7 Å². The molecule has 1 N–H and O–H groups in total. The van der Waals surface area contributed by atoms with Gasteiger partial charge in [-0.15, -0.1) is 0 Å². The highest BCUT2D eigenvalue weighted by Gasteiger charge is 2.30. The number of nitrogens with one attached hydrogen (secondary N) is 1. The first kappa shape index (κ1) is 15.3. The summed E-state index contributed by atoms with van der Waals surface area (Å²) in [5.74, 6) is 0.0909. The maximum Gasteiger partial charge on any atom is 0.246 e. The van der Waals surface area contributed by atoms with Gasteiger partial charge in [-0.2, -0.15) is 0 Å². The number of rotatable bonds is 4. The number of para-hydroxylation sites is 1. The molecular formula is C19H20N2O2. The van der Waals surface area contributed by atoms with Crippen LogP contribution in [0, 0.1) is 0 Å². The molecule has 118 valence electrons. The minimum absolute atomic E-state index is 0.0372. The van der Waals surface area contributed by atoms with Gasteiger partial charge in [-0.3, -0.25) is 9.59 Å². The van der Waals surface area contributed by atoms with Crippen molar-refractivity contribution >= 4 is 23.1 Å². The summed E-state index contributed by atoms with van der Waals surface area (Å²) in [4.78, 5) is 25.7. The number of hydrogen-bond donors (Lipinski definition) is 1. The molecule has 2 aromatic carbocycles. The van der Waals surface area contributed by atoms with Gasteiger partial charge in [0, 0.05) is 23.0 Å². The fraction of sp³-hybridized carbons (Fsp3) is 0.263. The zero-order valence-electron chi connectivity index (χ0n) is 13.4. The fourth-order valence-corrected chi connectivity index (χ4v) is 3.03. The van der Waals surface area contributed by atoms with Crippen molar-refractivity contribution in [2.75, 3.05) is 16.8 Å². The first-order valence-electron chi connectivity index (χ1n) is 7.81. The van der Waals surface area contributed by atoms with Crippen LogP contribution in [0.15, 0.2) is 48.5 Å². The first-order valence-corrected chi connectivity index (χ1v) is 7.81. The SMILES string of the molecule is CC(=O)c1ccc(NCC(=O)N2c3ccccc3C[C@H]2C)cc1. The normalized spacial score (nSPS) is 16.1. The third kappa shape index (κ3) is 3.11. The molecule has 1 amide bonds. The van der Waals surface area contributed by atoms with E-state index in [2.05, 4.69) is 18.3 Å². The minimum atomic E-state index is 0.0372. The van der Waals surface area contributed by atoms with E-state index in [-0.39, 0.29) is 24.3 Å². The van der Waals surface area contributed by atoms with Gasteiger partial charge in [0.15, 0.2) is 5.78 Å². The number of Topliss-reactive ketones (excluding diaryl/α,β-unsaturated/α-hetero) is 1. The molecule has 4 nitrogen and oxygen atoms in total. The number of carbonyl (C=O) groups excluding carboxylic acids is 2. The van der Waals surface area contributed by atoms with Gasteiger partial charge in [0.2, 0.25) is 5.91 Å². The third-order valence-electron chi connectivity index (χ3n) is 4.21. The van der Waals surface area contributed by atoms with Crippen LogP contribution >= 0.6 is 0 Å². The second-order valence-electron chi connectivity index (χ2n) is 5.93. The molecule has 1 aliphatic rings. The zero-order valence-corrected chi connectivity index (χ0v) is 13.4. The van der Waals surface area contributed by atoms with Crippen molar-refractivity contribution in [1.29, 1.82) is 0 Å². The molecule has 1 atom stereocenters. The smallest absolute Gasteiger partial charge is 0.246 e. The van der Waals surface area contributed by atoms with Crippen LogP contribution in [0.5, 0.6) is 0 Å². The molecular weight excluding hydrogens is 288 g/mol.